The van der Waals surface area contributed by atoms with Gasteiger partial charge < -0.3 is 4.98 Å². The lowest BCUT2D eigenvalue weighted by atomic mass is 10.0. The number of benzene rings is 2. The van der Waals surface area contributed by atoms with Gasteiger partial charge in [-0.15, -0.1) is 10.2 Å². The van der Waals surface area contributed by atoms with Crippen molar-refractivity contribution in [3.05, 3.63) is 54.6 Å². The van der Waals surface area contributed by atoms with E-state index in [4.69, 9.17) is 0 Å². The number of rotatable bonds is 2. The Labute approximate surface area is 121 Å². The Morgan fingerprint density at radius 1 is 0.952 bits per heavy atom. The van der Waals surface area contributed by atoms with Gasteiger partial charge in [-0.1, -0.05) is 48.5 Å². The Balaban J connectivity index is 2.06. The quantitative estimate of drug-likeness (QED) is 0.611. The van der Waals surface area contributed by atoms with Gasteiger partial charge in [0.15, 0.2) is 0 Å². The van der Waals surface area contributed by atoms with Crippen LogP contribution in [0.1, 0.15) is 0 Å². The van der Waals surface area contributed by atoms with Crippen molar-refractivity contribution in [3.63, 3.8) is 0 Å². The SMILES string of the molecule is Cn1nnc(-c2[nH]c3ccccc3c2-c2ccccc2)n1. The van der Waals surface area contributed by atoms with E-state index >= 15 is 0 Å². The number of aryl methyl sites for hydroxylation is 1. The lowest BCUT2D eigenvalue weighted by Crippen LogP contribution is -1.92. The van der Waals surface area contributed by atoms with E-state index in [0.29, 0.717) is 5.82 Å². The minimum absolute atomic E-state index is 0.604. The van der Waals surface area contributed by atoms with Crippen LogP contribution < -0.4 is 0 Å². The second kappa shape index (κ2) is 4.56. The topological polar surface area (TPSA) is 59.4 Å². The van der Waals surface area contributed by atoms with E-state index in [-0.39, 0.29) is 0 Å². The predicted octanol–water partition coefficient (Wildman–Crippen LogP) is 3.03. The molecule has 0 fully saturated rings. The predicted molar refractivity (Wildman–Crippen MR) is 81.5 cm³/mol. The lowest BCUT2D eigenvalue weighted by Gasteiger charge is -2.02. The minimum atomic E-state index is 0.604. The minimum Gasteiger partial charge on any atom is -0.351 e. The molecule has 2 aromatic carbocycles. The highest BCUT2D eigenvalue weighted by molar-refractivity contribution is 6.02. The summed E-state index contributed by atoms with van der Waals surface area (Å²) in [5.41, 5.74) is 4.21. The van der Waals surface area contributed by atoms with E-state index in [0.717, 1.165) is 27.7 Å². The molecule has 0 aliphatic carbocycles. The van der Waals surface area contributed by atoms with E-state index in [1.165, 1.54) is 4.80 Å². The molecule has 0 aliphatic heterocycles. The van der Waals surface area contributed by atoms with E-state index < -0.39 is 0 Å². The first-order valence-corrected chi connectivity index (χ1v) is 6.73. The van der Waals surface area contributed by atoms with Crippen molar-refractivity contribution in [2.24, 2.45) is 7.05 Å². The summed E-state index contributed by atoms with van der Waals surface area (Å²) in [5, 5.41) is 13.6. The van der Waals surface area contributed by atoms with Gasteiger partial charge in [-0.25, -0.2) is 0 Å². The van der Waals surface area contributed by atoms with Crippen LogP contribution in [0.3, 0.4) is 0 Å². The maximum Gasteiger partial charge on any atom is 0.221 e. The maximum absolute atomic E-state index is 4.33. The average Bonchev–Trinajstić information content (AvgIpc) is 3.11. The van der Waals surface area contributed by atoms with Crippen molar-refractivity contribution in [1.82, 2.24) is 25.2 Å². The fourth-order valence-corrected chi connectivity index (χ4v) is 2.60. The van der Waals surface area contributed by atoms with Gasteiger partial charge in [0.25, 0.3) is 0 Å². The van der Waals surface area contributed by atoms with Gasteiger partial charge in [0.1, 0.15) is 0 Å². The molecule has 2 aromatic heterocycles. The van der Waals surface area contributed by atoms with Crippen molar-refractivity contribution in [1.29, 1.82) is 0 Å². The summed E-state index contributed by atoms with van der Waals surface area (Å²) in [4.78, 5) is 4.88. The van der Waals surface area contributed by atoms with Crippen LogP contribution in [0.25, 0.3) is 33.5 Å². The van der Waals surface area contributed by atoms with E-state index in [9.17, 15) is 0 Å². The third kappa shape index (κ3) is 1.90. The number of tetrazole rings is 1. The second-order valence-electron chi connectivity index (χ2n) is 4.89. The zero-order valence-electron chi connectivity index (χ0n) is 11.5. The number of hydrogen-bond donors (Lipinski definition) is 1. The Hall–Kier alpha value is -2.95. The van der Waals surface area contributed by atoms with Crippen LogP contribution in [0.4, 0.5) is 0 Å². The smallest absolute Gasteiger partial charge is 0.221 e. The summed E-state index contributed by atoms with van der Waals surface area (Å²) in [6.07, 6.45) is 0. The Kier molecular flexibility index (Phi) is 2.57. The number of nitrogens with one attached hydrogen (secondary N) is 1. The number of fused-ring (bicyclic) bond motifs is 1. The van der Waals surface area contributed by atoms with Crippen LogP contribution in [0.5, 0.6) is 0 Å². The molecule has 1 N–H and O–H groups in total. The molecule has 0 radical (unpaired) electrons. The number of hydrogen-bond acceptors (Lipinski definition) is 3. The van der Waals surface area contributed by atoms with Crippen LogP contribution in [0.2, 0.25) is 0 Å². The highest BCUT2D eigenvalue weighted by Gasteiger charge is 2.17. The fourth-order valence-electron chi connectivity index (χ4n) is 2.60. The average molecular weight is 275 g/mol. The molecule has 0 bridgehead atoms. The fraction of sp³-hybridized carbons (Fsp3) is 0.0625. The maximum atomic E-state index is 4.33. The number of nitrogens with zero attached hydrogens (tertiary/aromatic N) is 4. The largest absolute Gasteiger partial charge is 0.351 e. The van der Waals surface area contributed by atoms with Crippen LogP contribution in [-0.2, 0) is 7.05 Å². The zero-order valence-corrected chi connectivity index (χ0v) is 11.5. The zero-order chi connectivity index (χ0) is 14.2. The summed E-state index contributed by atoms with van der Waals surface area (Å²) in [7, 11) is 1.77. The van der Waals surface area contributed by atoms with Gasteiger partial charge in [0, 0.05) is 16.5 Å². The van der Waals surface area contributed by atoms with Gasteiger partial charge in [0.05, 0.1) is 12.7 Å². The first kappa shape index (κ1) is 11.8. The molecule has 0 saturated heterocycles. The highest BCUT2D eigenvalue weighted by atomic mass is 15.6. The summed E-state index contributed by atoms with van der Waals surface area (Å²) in [5.74, 6) is 0.604. The molecule has 0 amide bonds. The number of para-hydroxylation sites is 1. The molecule has 0 aliphatic rings. The van der Waals surface area contributed by atoms with Gasteiger partial charge in [-0.2, -0.15) is 4.80 Å². The van der Waals surface area contributed by atoms with Crippen LogP contribution in [0.15, 0.2) is 54.6 Å². The molecule has 0 saturated carbocycles. The van der Waals surface area contributed by atoms with Crippen LogP contribution in [-0.4, -0.2) is 25.2 Å². The summed E-state index contributed by atoms with van der Waals surface area (Å²) < 4.78 is 0. The van der Waals surface area contributed by atoms with Crippen molar-refractivity contribution >= 4 is 10.9 Å². The Bertz CT molecular complexity index is 905. The molecule has 4 rings (SSSR count). The Morgan fingerprint density at radius 3 is 2.48 bits per heavy atom. The highest BCUT2D eigenvalue weighted by Crippen LogP contribution is 2.36. The van der Waals surface area contributed by atoms with Gasteiger partial charge >= 0.3 is 0 Å². The second-order valence-corrected chi connectivity index (χ2v) is 4.89. The standard InChI is InChI=1S/C16H13N5/c1-21-19-16(18-20-21)15-14(11-7-3-2-4-8-11)12-9-5-6-10-13(12)17-15/h2-10,17H,1H3. The number of aromatic nitrogens is 5. The molecule has 0 spiro atoms. The molecular formula is C16H13N5. The van der Waals surface area contributed by atoms with Crippen molar-refractivity contribution < 1.29 is 0 Å². The van der Waals surface area contributed by atoms with Gasteiger partial charge in [-0.05, 0) is 16.8 Å². The van der Waals surface area contributed by atoms with Crippen molar-refractivity contribution in [2.75, 3.05) is 0 Å². The summed E-state index contributed by atoms with van der Waals surface area (Å²) >= 11 is 0. The molecule has 0 atom stereocenters. The Morgan fingerprint density at radius 2 is 1.71 bits per heavy atom. The molecular weight excluding hydrogens is 262 g/mol. The molecule has 21 heavy (non-hydrogen) atoms. The van der Waals surface area contributed by atoms with E-state index in [1.807, 2.05) is 30.3 Å². The first-order valence-electron chi connectivity index (χ1n) is 6.73. The third-order valence-corrected chi connectivity index (χ3v) is 3.50. The molecule has 2 heterocycles. The molecule has 5 heteroatoms. The van der Waals surface area contributed by atoms with Crippen LogP contribution >= 0.6 is 0 Å². The molecule has 5 nitrogen and oxygen atoms in total. The normalized spacial score (nSPS) is 11.1. The van der Waals surface area contributed by atoms with E-state index in [1.54, 1.807) is 7.05 Å². The molecule has 102 valence electrons. The lowest BCUT2D eigenvalue weighted by molar-refractivity contribution is 0.630. The van der Waals surface area contributed by atoms with Crippen molar-refractivity contribution in [2.45, 2.75) is 0 Å². The molecule has 4 aromatic rings. The van der Waals surface area contributed by atoms with Crippen molar-refractivity contribution in [3.8, 4) is 22.6 Å². The van der Waals surface area contributed by atoms with E-state index in [2.05, 4.69) is 44.7 Å². The number of H-pyrrole nitrogens is 1. The van der Waals surface area contributed by atoms with Crippen LogP contribution in [0, 0.1) is 0 Å². The third-order valence-electron chi connectivity index (χ3n) is 3.50. The summed E-state index contributed by atoms with van der Waals surface area (Å²) in [6.45, 7) is 0. The van der Waals surface area contributed by atoms with Gasteiger partial charge in [0.2, 0.25) is 5.82 Å². The molecule has 0 unspecified atom stereocenters. The first-order chi connectivity index (χ1) is 10.3. The monoisotopic (exact) mass is 275 g/mol. The van der Waals surface area contributed by atoms with Gasteiger partial charge in [-0.3, -0.25) is 0 Å². The number of aromatic amines is 1. The summed E-state index contributed by atoms with van der Waals surface area (Å²) in [6, 6.07) is 18.5.